The second-order valence-electron chi connectivity index (χ2n) is 9.64. The highest BCUT2D eigenvalue weighted by Gasteiger charge is 2.49. The standard InChI is InChI=1S/C27H30O2S/c1-15-16(2)25-13-20(15)12-22(25)14-26(28)29-17(3)18-8-9-24-21(10-18)11-19-6-4-5-7-23(19)27(24)30/h4-11,15-17,20,22,25,30H,12-14H2,1-3H3. The predicted molar refractivity (Wildman–Crippen MR) is 126 cm³/mol. The first-order valence-corrected chi connectivity index (χ1v) is 11.7. The zero-order valence-corrected chi connectivity index (χ0v) is 18.9. The lowest BCUT2D eigenvalue weighted by Gasteiger charge is -2.31. The van der Waals surface area contributed by atoms with E-state index in [0.717, 1.165) is 44.4 Å². The molecule has 3 aromatic rings. The van der Waals surface area contributed by atoms with Crippen LogP contribution >= 0.6 is 12.6 Å². The largest absolute Gasteiger partial charge is 0.458 e. The Labute approximate surface area is 184 Å². The molecule has 2 aliphatic rings. The maximum atomic E-state index is 12.7. The van der Waals surface area contributed by atoms with Crippen LogP contribution in [0, 0.1) is 29.6 Å². The zero-order valence-electron chi connectivity index (χ0n) is 18.0. The number of ether oxygens (including phenoxy) is 1. The first kappa shape index (κ1) is 19.9. The van der Waals surface area contributed by atoms with Crippen LogP contribution in [-0.2, 0) is 9.53 Å². The Hall–Kier alpha value is -2.00. The Kier molecular flexibility index (Phi) is 5.05. The van der Waals surface area contributed by atoms with Crippen molar-refractivity contribution < 1.29 is 9.53 Å². The number of fused-ring (bicyclic) bond motifs is 4. The Morgan fingerprint density at radius 1 is 1.03 bits per heavy atom. The number of carbonyl (C=O) groups excluding carboxylic acids is 1. The molecule has 3 heteroatoms. The molecular formula is C27H30O2S. The third kappa shape index (κ3) is 3.32. The molecule has 2 aliphatic carbocycles. The van der Waals surface area contributed by atoms with E-state index in [1.165, 1.54) is 18.2 Å². The molecule has 2 fully saturated rings. The smallest absolute Gasteiger partial charge is 0.306 e. The molecule has 2 bridgehead atoms. The number of hydrogen-bond acceptors (Lipinski definition) is 3. The van der Waals surface area contributed by atoms with E-state index >= 15 is 0 Å². The van der Waals surface area contributed by atoms with Crippen LogP contribution in [0.25, 0.3) is 21.5 Å². The van der Waals surface area contributed by atoms with Crippen molar-refractivity contribution in [2.24, 2.45) is 29.6 Å². The lowest BCUT2D eigenvalue weighted by molar-refractivity contribution is -0.150. The Morgan fingerprint density at radius 2 is 1.80 bits per heavy atom. The van der Waals surface area contributed by atoms with Gasteiger partial charge in [-0.25, -0.2) is 0 Å². The van der Waals surface area contributed by atoms with Gasteiger partial charge in [-0.15, -0.1) is 12.6 Å². The van der Waals surface area contributed by atoms with Gasteiger partial charge in [0.05, 0.1) is 0 Å². The summed E-state index contributed by atoms with van der Waals surface area (Å²) in [4.78, 5) is 13.7. The normalized spacial score (nSPS) is 28.9. The van der Waals surface area contributed by atoms with Crippen LogP contribution in [-0.4, -0.2) is 5.97 Å². The third-order valence-corrected chi connectivity index (χ3v) is 8.58. The van der Waals surface area contributed by atoms with Gasteiger partial charge in [0.25, 0.3) is 0 Å². The average Bonchev–Trinajstić information content (AvgIpc) is 3.26. The van der Waals surface area contributed by atoms with Crippen LogP contribution in [0.5, 0.6) is 0 Å². The van der Waals surface area contributed by atoms with Gasteiger partial charge >= 0.3 is 5.97 Å². The molecule has 0 aromatic heterocycles. The van der Waals surface area contributed by atoms with E-state index < -0.39 is 0 Å². The second kappa shape index (κ2) is 7.60. The van der Waals surface area contributed by atoms with Crippen molar-refractivity contribution in [3.05, 3.63) is 54.1 Å². The number of esters is 1. The first-order valence-electron chi connectivity index (χ1n) is 11.3. The van der Waals surface area contributed by atoms with Gasteiger partial charge in [0.2, 0.25) is 0 Å². The second-order valence-corrected chi connectivity index (χ2v) is 10.1. The summed E-state index contributed by atoms with van der Waals surface area (Å²) in [7, 11) is 0. The highest BCUT2D eigenvalue weighted by molar-refractivity contribution is 7.80. The molecule has 3 aromatic carbocycles. The number of rotatable bonds is 4. The van der Waals surface area contributed by atoms with Gasteiger partial charge < -0.3 is 4.74 Å². The number of carbonyl (C=O) groups is 1. The van der Waals surface area contributed by atoms with Crippen molar-refractivity contribution >= 4 is 40.1 Å². The molecule has 0 heterocycles. The fourth-order valence-corrected chi connectivity index (χ4v) is 6.58. The molecule has 30 heavy (non-hydrogen) atoms. The number of hydrogen-bond donors (Lipinski definition) is 1. The van der Waals surface area contributed by atoms with Gasteiger partial charge in [-0.1, -0.05) is 50.2 Å². The van der Waals surface area contributed by atoms with E-state index in [4.69, 9.17) is 17.4 Å². The van der Waals surface area contributed by atoms with E-state index in [-0.39, 0.29) is 12.1 Å². The molecule has 156 valence electrons. The quantitative estimate of drug-likeness (QED) is 0.275. The summed E-state index contributed by atoms with van der Waals surface area (Å²) >= 11 is 4.77. The summed E-state index contributed by atoms with van der Waals surface area (Å²) < 4.78 is 5.88. The highest BCUT2D eigenvalue weighted by Crippen LogP contribution is 2.56. The van der Waals surface area contributed by atoms with Crippen molar-refractivity contribution in [2.45, 2.75) is 51.0 Å². The third-order valence-electron chi connectivity index (χ3n) is 8.10. The minimum absolute atomic E-state index is 0.0478. The van der Waals surface area contributed by atoms with Crippen LogP contribution in [0.15, 0.2) is 53.4 Å². The maximum absolute atomic E-state index is 12.7. The summed E-state index contributed by atoms with van der Waals surface area (Å²) in [6.07, 6.45) is 2.84. The van der Waals surface area contributed by atoms with E-state index in [9.17, 15) is 4.79 Å². The van der Waals surface area contributed by atoms with Crippen LogP contribution < -0.4 is 0 Å². The van der Waals surface area contributed by atoms with Gasteiger partial charge in [-0.05, 0) is 88.6 Å². The number of benzene rings is 3. The summed E-state index contributed by atoms with van der Waals surface area (Å²) in [6.45, 7) is 6.72. The summed E-state index contributed by atoms with van der Waals surface area (Å²) in [5.74, 6) is 3.53. The zero-order chi connectivity index (χ0) is 21.0. The molecule has 5 rings (SSSR count). The molecule has 6 unspecified atom stereocenters. The van der Waals surface area contributed by atoms with E-state index in [0.29, 0.717) is 18.3 Å². The Balaban J connectivity index is 1.32. The van der Waals surface area contributed by atoms with Gasteiger partial charge in [0.15, 0.2) is 0 Å². The van der Waals surface area contributed by atoms with Crippen molar-refractivity contribution in [1.82, 2.24) is 0 Å². The molecule has 0 N–H and O–H groups in total. The summed E-state index contributed by atoms with van der Waals surface area (Å²) in [5, 5.41) is 4.60. The summed E-state index contributed by atoms with van der Waals surface area (Å²) in [5.41, 5.74) is 1.04. The molecular weight excluding hydrogens is 388 g/mol. The molecule has 2 nitrogen and oxygen atoms in total. The van der Waals surface area contributed by atoms with Crippen LogP contribution in [0.4, 0.5) is 0 Å². The molecule has 0 aliphatic heterocycles. The summed E-state index contributed by atoms with van der Waals surface area (Å²) in [6, 6.07) is 16.8. The molecule has 0 radical (unpaired) electrons. The van der Waals surface area contributed by atoms with Gasteiger partial charge in [-0.2, -0.15) is 0 Å². The van der Waals surface area contributed by atoms with Crippen LogP contribution in [0.3, 0.4) is 0 Å². The van der Waals surface area contributed by atoms with Gasteiger partial charge in [0, 0.05) is 11.3 Å². The van der Waals surface area contributed by atoms with Crippen molar-refractivity contribution in [3.63, 3.8) is 0 Å². The van der Waals surface area contributed by atoms with Crippen molar-refractivity contribution in [3.8, 4) is 0 Å². The predicted octanol–water partition coefficient (Wildman–Crippen LogP) is 7.20. The first-order chi connectivity index (χ1) is 14.4. The minimum atomic E-state index is -0.244. The van der Waals surface area contributed by atoms with Crippen molar-refractivity contribution in [1.29, 1.82) is 0 Å². The minimum Gasteiger partial charge on any atom is -0.458 e. The monoisotopic (exact) mass is 418 g/mol. The Bertz CT molecular complexity index is 1120. The number of thiol groups is 1. The van der Waals surface area contributed by atoms with Crippen molar-refractivity contribution in [2.75, 3.05) is 0 Å². The van der Waals surface area contributed by atoms with E-state index in [1.54, 1.807) is 0 Å². The fourth-order valence-electron chi connectivity index (χ4n) is 6.18. The molecule has 0 spiro atoms. The van der Waals surface area contributed by atoms with Gasteiger partial charge in [-0.3, -0.25) is 4.79 Å². The molecule has 2 saturated carbocycles. The Morgan fingerprint density at radius 3 is 2.57 bits per heavy atom. The van der Waals surface area contributed by atoms with E-state index in [1.807, 2.05) is 19.1 Å². The van der Waals surface area contributed by atoms with Crippen LogP contribution in [0.2, 0.25) is 0 Å². The maximum Gasteiger partial charge on any atom is 0.306 e. The highest BCUT2D eigenvalue weighted by atomic mass is 32.1. The molecule has 6 atom stereocenters. The SMILES string of the molecule is CC(OC(=O)CC1CC2CC1C(C)C2C)c1ccc2c(S)c3ccccc3cc2c1. The average molecular weight is 419 g/mol. The fraction of sp³-hybridized carbons (Fsp3) is 0.444. The van der Waals surface area contributed by atoms with E-state index in [2.05, 4.69) is 50.2 Å². The van der Waals surface area contributed by atoms with Gasteiger partial charge in [0.1, 0.15) is 6.10 Å². The lowest BCUT2D eigenvalue weighted by Crippen LogP contribution is -2.26. The van der Waals surface area contributed by atoms with Crippen LogP contribution in [0.1, 0.15) is 51.7 Å². The topological polar surface area (TPSA) is 26.3 Å². The molecule has 0 amide bonds. The molecule has 0 saturated heterocycles. The lowest BCUT2D eigenvalue weighted by atomic mass is 9.74.